The Labute approximate surface area is 132 Å². The van der Waals surface area contributed by atoms with E-state index in [9.17, 15) is 9.59 Å². The number of amides is 2. The highest BCUT2D eigenvalue weighted by molar-refractivity contribution is 7.19. The molecule has 1 aromatic carbocycles. The summed E-state index contributed by atoms with van der Waals surface area (Å²) in [6, 6.07) is 9.88. The highest BCUT2D eigenvalue weighted by atomic mass is 32.1. The zero-order valence-corrected chi connectivity index (χ0v) is 13.1. The van der Waals surface area contributed by atoms with Gasteiger partial charge in [-0.1, -0.05) is 41.7 Å². The summed E-state index contributed by atoms with van der Waals surface area (Å²) in [5, 5.41) is 7.31. The van der Waals surface area contributed by atoms with E-state index in [0.29, 0.717) is 13.0 Å². The normalized spacial score (nSPS) is 17.9. The summed E-state index contributed by atoms with van der Waals surface area (Å²) in [5.74, 6) is -0.408. The molecule has 0 bridgehead atoms. The standard InChI is InChI=1S/C16H17N3O2S/c1-10-15(19-14(21)12-7-8-17-13(20)9-12)22-16(18-10)11-5-3-2-4-6-11/h2-6,12H,7-9H2,1H3,(H,17,20)(H,19,21). The molecule has 114 valence electrons. The number of nitrogens with one attached hydrogen (secondary N) is 2. The lowest BCUT2D eigenvalue weighted by molar-refractivity contribution is -0.129. The zero-order valence-electron chi connectivity index (χ0n) is 12.3. The number of hydrogen-bond donors (Lipinski definition) is 2. The van der Waals surface area contributed by atoms with Gasteiger partial charge in [0, 0.05) is 24.4 Å². The number of rotatable bonds is 3. The first kappa shape index (κ1) is 14.7. The van der Waals surface area contributed by atoms with Crippen molar-refractivity contribution >= 4 is 28.2 Å². The second-order valence-electron chi connectivity index (χ2n) is 5.33. The molecule has 5 nitrogen and oxygen atoms in total. The highest BCUT2D eigenvalue weighted by Crippen LogP contribution is 2.32. The minimum Gasteiger partial charge on any atom is -0.356 e. The van der Waals surface area contributed by atoms with E-state index in [1.165, 1.54) is 11.3 Å². The van der Waals surface area contributed by atoms with Crippen LogP contribution in [0, 0.1) is 12.8 Å². The molecule has 0 aliphatic carbocycles. The molecule has 1 fully saturated rings. The van der Waals surface area contributed by atoms with Gasteiger partial charge in [-0.05, 0) is 13.3 Å². The van der Waals surface area contributed by atoms with Crippen molar-refractivity contribution in [2.24, 2.45) is 5.92 Å². The molecule has 0 spiro atoms. The molecule has 2 amide bonds. The summed E-state index contributed by atoms with van der Waals surface area (Å²) in [6.45, 7) is 2.44. The van der Waals surface area contributed by atoms with E-state index in [-0.39, 0.29) is 24.2 Å². The van der Waals surface area contributed by atoms with Crippen LogP contribution >= 0.6 is 11.3 Å². The summed E-state index contributed by atoms with van der Waals surface area (Å²) in [6.07, 6.45) is 0.941. The maximum absolute atomic E-state index is 12.3. The summed E-state index contributed by atoms with van der Waals surface area (Å²) >= 11 is 1.46. The molecule has 1 aliphatic rings. The number of aryl methyl sites for hydroxylation is 1. The average Bonchev–Trinajstić information content (AvgIpc) is 2.89. The van der Waals surface area contributed by atoms with Gasteiger partial charge in [0.1, 0.15) is 10.0 Å². The van der Waals surface area contributed by atoms with Crippen molar-refractivity contribution in [3.05, 3.63) is 36.0 Å². The third kappa shape index (κ3) is 3.17. The van der Waals surface area contributed by atoms with Crippen LogP contribution in [0.2, 0.25) is 0 Å². The summed E-state index contributed by atoms with van der Waals surface area (Å²) < 4.78 is 0. The Balaban J connectivity index is 1.74. The molecule has 1 saturated heterocycles. The smallest absolute Gasteiger partial charge is 0.228 e. The fourth-order valence-corrected chi connectivity index (χ4v) is 3.41. The van der Waals surface area contributed by atoms with E-state index in [0.717, 1.165) is 21.3 Å². The first-order valence-electron chi connectivity index (χ1n) is 7.24. The van der Waals surface area contributed by atoms with Gasteiger partial charge in [-0.2, -0.15) is 0 Å². The predicted molar refractivity (Wildman–Crippen MR) is 86.7 cm³/mol. The Hall–Kier alpha value is -2.21. The summed E-state index contributed by atoms with van der Waals surface area (Å²) in [5.41, 5.74) is 1.84. The van der Waals surface area contributed by atoms with Gasteiger partial charge in [0.25, 0.3) is 0 Å². The number of carbonyl (C=O) groups excluding carboxylic acids is 2. The van der Waals surface area contributed by atoms with Crippen LogP contribution in [-0.4, -0.2) is 23.3 Å². The lowest BCUT2D eigenvalue weighted by Gasteiger charge is -2.20. The molecule has 1 aliphatic heterocycles. The van der Waals surface area contributed by atoms with E-state index >= 15 is 0 Å². The van der Waals surface area contributed by atoms with Gasteiger partial charge in [-0.3, -0.25) is 9.59 Å². The predicted octanol–water partition coefficient (Wildman–Crippen LogP) is 2.58. The van der Waals surface area contributed by atoms with Gasteiger partial charge in [0.15, 0.2) is 0 Å². The SMILES string of the molecule is Cc1nc(-c2ccccc2)sc1NC(=O)C1CCNC(=O)C1. The molecule has 6 heteroatoms. The Morgan fingerprint density at radius 3 is 2.86 bits per heavy atom. The molecular weight excluding hydrogens is 298 g/mol. The molecule has 1 unspecified atom stereocenters. The molecule has 22 heavy (non-hydrogen) atoms. The number of benzene rings is 1. The molecule has 0 saturated carbocycles. The topological polar surface area (TPSA) is 71.1 Å². The fourth-order valence-electron chi connectivity index (χ4n) is 2.44. The third-order valence-corrected chi connectivity index (χ3v) is 4.79. The van der Waals surface area contributed by atoms with Crippen molar-refractivity contribution in [2.45, 2.75) is 19.8 Å². The minimum absolute atomic E-state index is 0.0580. The van der Waals surface area contributed by atoms with Crippen molar-refractivity contribution in [3.8, 4) is 10.6 Å². The molecule has 2 aromatic rings. The number of aromatic nitrogens is 1. The first-order valence-corrected chi connectivity index (χ1v) is 8.05. The minimum atomic E-state index is -0.254. The zero-order chi connectivity index (χ0) is 15.5. The van der Waals surface area contributed by atoms with Crippen molar-refractivity contribution < 1.29 is 9.59 Å². The second kappa shape index (κ2) is 6.27. The van der Waals surface area contributed by atoms with E-state index in [1.54, 1.807) is 0 Å². The van der Waals surface area contributed by atoms with E-state index < -0.39 is 0 Å². The molecule has 3 rings (SSSR count). The molecule has 0 radical (unpaired) electrons. The van der Waals surface area contributed by atoms with Crippen LogP contribution in [-0.2, 0) is 9.59 Å². The van der Waals surface area contributed by atoms with Crippen LogP contribution in [0.5, 0.6) is 0 Å². The largest absolute Gasteiger partial charge is 0.356 e. The van der Waals surface area contributed by atoms with E-state index in [2.05, 4.69) is 15.6 Å². The van der Waals surface area contributed by atoms with Crippen molar-refractivity contribution in [2.75, 3.05) is 11.9 Å². The van der Waals surface area contributed by atoms with Gasteiger partial charge >= 0.3 is 0 Å². The van der Waals surface area contributed by atoms with Crippen LogP contribution in [0.1, 0.15) is 18.5 Å². The van der Waals surface area contributed by atoms with E-state index in [1.807, 2.05) is 37.3 Å². The lowest BCUT2D eigenvalue weighted by Crippen LogP contribution is -2.38. The average molecular weight is 315 g/mol. The van der Waals surface area contributed by atoms with Gasteiger partial charge in [0.2, 0.25) is 11.8 Å². The number of anilines is 1. The number of thiazole rings is 1. The lowest BCUT2D eigenvalue weighted by atomic mass is 9.97. The number of carbonyl (C=O) groups is 2. The van der Waals surface area contributed by atoms with Crippen molar-refractivity contribution in [3.63, 3.8) is 0 Å². The molecule has 1 atom stereocenters. The Morgan fingerprint density at radius 1 is 1.36 bits per heavy atom. The van der Waals surface area contributed by atoms with E-state index in [4.69, 9.17) is 0 Å². The third-order valence-electron chi connectivity index (χ3n) is 3.67. The van der Waals surface area contributed by atoms with Crippen LogP contribution in [0.15, 0.2) is 30.3 Å². The molecule has 1 aromatic heterocycles. The van der Waals surface area contributed by atoms with Crippen LogP contribution in [0.3, 0.4) is 0 Å². The van der Waals surface area contributed by atoms with Crippen LogP contribution in [0.4, 0.5) is 5.00 Å². The van der Waals surface area contributed by atoms with Crippen LogP contribution in [0.25, 0.3) is 10.6 Å². The number of hydrogen-bond acceptors (Lipinski definition) is 4. The Kier molecular flexibility index (Phi) is 4.20. The van der Waals surface area contributed by atoms with Gasteiger partial charge in [-0.15, -0.1) is 0 Å². The Morgan fingerprint density at radius 2 is 2.14 bits per heavy atom. The molecular formula is C16H17N3O2S. The summed E-state index contributed by atoms with van der Waals surface area (Å²) in [4.78, 5) is 28.2. The number of nitrogens with zero attached hydrogens (tertiary/aromatic N) is 1. The monoisotopic (exact) mass is 315 g/mol. The van der Waals surface area contributed by atoms with Gasteiger partial charge in [0.05, 0.1) is 5.69 Å². The molecule has 2 heterocycles. The first-order chi connectivity index (χ1) is 10.6. The quantitative estimate of drug-likeness (QED) is 0.914. The summed E-state index contributed by atoms with van der Waals surface area (Å²) in [7, 11) is 0. The van der Waals surface area contributed by atoms with Crippen molar-refractivity contribution in [1.82, 2.24) is 10.3 Å². The maximum atomic E-state index is 12.3. The van der Waals surface area contributed by atoms with Crippen molar-refractivity contribution in [1.29, 1.82) is 0 Å². The van der Waals surface area contributed by atoms with Gasteiger partial charge in [-0.25, -0.2) is 4.98 Å². The van der Waals surface area contributed by atoms with Crippen LogP contribution < -0.4 is 10.6 Å². The fraction of sp³-hybridized carbons (Fsp3) is 0.312. The maximum Gasteiger partial charge on any atom is 0.228 e. The second-order valence-corrected chi connectivity index (χ2v) is 6.33. The molecule has 2 N–H and O–H groups in total. The Bertz CT molecular complexity index is 697. The van der Waals surface area contributed by atoms with Gasteiger partial charge < -0.3 is 10.6 Å². The highest BCUT2D eigenvalue weighted by Gasteiger charge is 2.26. The number of piperidine rings is 1.